The third-order valence-electron chi connectivity index (χ3n) is 4.10. The van der Waals surface area contributed by atoms with Gasteiger partial charge in [-0.15, -0.1) is 11.8 Å². The first-order valence-electron chi connectivity index (χ1n) is 7.23. The molecule has 6 heteroatoms. The Balaban J connectivity index is 1.95. The fourth-order valence-electron chi connectivity index (χ4n) is 3.01. The Morgan fingerprint density at radius 3 is 2.55 bits per heavy atom. The van der Waals surface area contributed by atoms with E-state index < -0.39 is 0 Å². The van der Waals surface area contributed by atoms with Crippen molar-refractivity contribution in [2.24, 2.45) is 0 Å². The monoisotopic (exact) mass is 373 g/mol. The van der Waals surface area contributed by atoms with Crippen LogP contribution in [0.2, 0.25) is 0 Å². The molecule has 110 valence electrons. The van der Waals surface area contributed by atoms with Gasteiger partial charge in [0, 0.05) is 22.7 Å². The highest BCUT2D eigenvalue weighted by Gasteiger charge is 2.30. The molecule has 0 amide bonds. The molecule has 3 rings (SSSR count). The summed E-state index contributed by atoms with van der Waals surface area (Å²) in [6.07, 6.45) is 5.08. The SMILES string of the molecule is CC1SCCSC1c1nc(N)c(Br)c(C2CCCC2)n1. The lowest BCUT2D eigenvalue weighted by Crippen LogP contribution is -2.20. The molecule has 1 aliphatic heterocycles. The maximum absolute atomic E-state index is 6.13. The number of hydrogen-bond acceptors (Lipinski definition) is 5. The Hall–Kier alpha value is 0.0600. The molecule has 2 heterocycles. The summed E-state index contributed by atoms with van der Waals surface area (Å²) < 4.78 is 0.925. The number of anilines is 1. The van der Waals surface area contributed by atoms with E-state index in [-0.39, 0.29) is 0 Å². The van der Waals surface area contributed by atoms with Gasteiger partial charge in [0.1, 0.15) is 11.6 Å². The van der Waals surface area contributed by atoms with Gasteiger partial charge in [0.25, 0.3) is 0 Å². The van der Waals surface area contributed by atoms with Crippen LogP contribution in [0.5, 0.6) is 0 Å². The van der Waals surface area contributed by atoms with Crippen molar-refractivity contribution < 1.29 is 0 Å². The Kier molecular flexibility index (Phi) is 4.82. The van der Waals surface area contributed by atoms with Gasteiger partial charge in [0.05, 0.1) is 15.4 Å². The van der Waals surface area contributed by atoms with Gasteiger partial charge in [-0.1, -0.05) is 19.8 Å². The second-order valence-corrected chi connectivity index (χ2v) is 9.04. The van der Waals surface area contributed by atoms with Crippen LogP contribution in [0.15, 0.2) is 4.47 Å². The molecule has 2 unspecified atom stereocenters. The van der Waals surface area contributed by atoms with Gasteiger partial charge in [0.15, 0.2) is 0 Å². The molecule has 0 aromatic carbocycles. The molecule has 1 saturated heterocycles. The van der Waals surface area contributed by atoms with E-state index in [1.165, 1.54) is 37.2 Å². The van der Waals surface area contributed by atoms with Crippen LogP contribution >= 0.6 is 39.5 Å². The molecule has 2 N–H and O–H groups in total. The van der Waals surface area contributed by atoms with E-state index in [0.29, 0.717) is 22.2 Å². The van der Waals surface area contributed by atoms with Crippen molar-refractivity contribution >= 4 is 45.3 Å². The number of halogens is 1. The van der Waals surface area contributed by atoms with Gasteiger partial charge in [-0.3, -0.25) is 0 Å². The van der Waals surface area contributed by atoms with Gasteiger partial charge >= 0.3 is 0 Å². The zero-order valence-electron chi connectivity index (χ0n) is 11.6. The molecular weight excluding hydrogens is 354 g/mol. The molecule has 3 nitrogen and oxygen atoms in total. The molecule has 0 bridgehead atoms. The molecule has 0 radical (unpaired) electrons. The van der Waals surface area contributed by atoms with Crippen LogP contribution in [0.4, 0.5) is 5.82 Å². The van der Waals surface area contributed by atoms with E-state index in [2.05, 4.69) is 27.8 Å². The largest absolute Gasteiger partial charge is 0.383 e. The molecule has 20 heavy (non-hydrogen) atoms. The Labute approximate surface area is 137 Å². The first-order valence-corrected chi connectivity index (χ1v) is 10.1. The Bertz CT molecular complexity index is 492. The van der Waals surface area contributed by atoms with Crippen molar-refractivity contribution in [1.82, 2.24) is 9.97 Å². The molecule has 2 atom stereocenters. The van der Waals surface area contributed by atoms with Crippen molar-refractivity contribution in [1.29, 1.82) is 0 Å². The summed E-state index contributed by atoms with van der Waals surface area (Å²) in [5.74, 6) is 4.52. The summed E-state index contributed by atoms with van der Waals surface area (Å²) in [5, 5.41) is 0.940. The zero-order valence-corrected chi connectivity index (χ0v) is 14.9. The van der Waals surface area contributed by atoms with Gasteiger partial charge in [-0.05, 0) is 28.8 Å². The molecule has 2 aliphatic rings. The average Bonchev–Trinajstić information content (AvgIpc) is 2.96. The van der Waals surface area contributed by atoms with E-state index in [1.54, 1.807) is 0 Å². The van der Waals surface area contributed by atoms with Crippen LogP contribution in [0, 0.1) is 0 Å². The van der Waals surface area contributed by atoms with Crippen LogP contribution in [0.1, 0.15) is 55.3 Å². The summed E-state index contributed by atoms with van der Waals surface area (Å²) in [5.41, 5.74) is 7.27. The molecule has 1 aliphatic carbocycles. The maximum atomic E-state index is 6.13. The van der Waals surface area contributed by atoms with Crippen LogP contribution in [-0.2, 0) is 0 Å². The second kappa shape index (κ2) is 6.44. The number of nitrogens with two attached hydrogens (primary N) is 1. The normalized spacial score (nSPS) is 27.9. The summed E-state index contributed by atoms with van der Waals surface area (Å²) in [6.45, 7) is 2.28. The third-order valence-corrected chi connectivity index (χ3v) is 8.00. The summed E-state index contributed by atoms with van der Waals surface area (Å²) >= 11 is 7.59. The minimum atomic E-state index is 0.379. The predicted molar refractivity (Wildman–Crippen MR) is 92.5 cm³/mol. The topological polar surface area (TPSA) is 51.8 Å². The standard InChI is InChI=1S/C14H20BrN3S2/c1-8-12(20-7-6-19-8)14-17-11(9-4-2-3-5-9)10(15)13(16)18-14/h8-9,12H,2-7H2,1H3,(H2,16,17,18). The number of nitrogens with zero attached hydrogens (tertiary/aromatic N) is 2. The van der Waals surface area contributed by atoms with Gasteiger partial charge < -0.3 is 5.73 Å². The van der Waals surface area contributed by atoms with Crippen LogP contribution < -0.4 is 5.73 Å². The van der Waals surface area contributed by atoms with Crippen LogP contribution in [-0.4, -0.2) is 26.7 Å². The predicted octanol–water partition coefficient (Wildman–Crippen LogP) is 4.39. The smallest absolute Gasteiger partial charge is 0.145 e. The first kappa shape index (κ1) is 15.0. The van der Waals surface area contributed by atoms with E-state index in [1.807, 2.05) is 23.5 Å². The van der Waals surface area contributed by atoms with Crippen molar-refractivity contribution in [2.75, 3.05) is 17.2 Å². The lowest BCUT2D eigenvalue weighted by Gasteiger charge is -2.27. The number of rotatable bonds is 2. The fourth-order valence-corrected chi connectivity index (χ4v) is 6.20. The van der Waals surface area contributed by atoms with Gasteiger partial charge in [-0.2, -0.15) is 11.8 Å². The van der Waals surface area contributed by atoms with Gasteiger partial charge in [-0.25, -0.2) is 9.97 Å². The van der Waals surface area contributed by atoms with Crippen molar-refractivity contribution in [3.8, 4) is 0 Å². The van der Waals surface area contributed by atoms with Crippen molar-refractivity contribution in [2.45, 2.75) is 49.0 Å². The summed E-state index contributed by atoms with van der Waals surface area (Å²) in [7, 11) is 0. The van der Waals surface area contributed by atoms with Crippen molar-refractivity contribution in [3.63, 3.8) is 0 Å². The van der Waals surface area contributed by atoms with Gasteiger partial charge in [0.2, 0.25) is 0 Å². The molecular formula is C14H20BrN3S2. The first-order chi connectivity index (χ1) is 9.66. The number of thioether (sulfide) groups is 2. The lowest BCUT2D eigenvalue weighted by molar-refractivity contribution is 0.675. The molecule has 1 aromatic heterocycles. The van der Waals surface area contributed by atoms with E-state index in [0.717, 1.165) is 16.0 Å². The van der Waals surface area contributed by atoms with E-state index >= 15 is 0 Å². The number of aromatic nitrogens is 2. The van der Waals surface area contributed by atoms with Crippen LogP contribution in [0.25, 0.3) is 0 Å². The maximum Gasteiger partial charge on any atom is 0.145 e. The summed E-state index contributed by atoms with van der Waals surface area (Å²) in [4.78, 5) is 9.48. The Morgan fingerprint density at radius 2 is 1.85 bits per heavy atom. The quantitative estimate of drug-likeness (QED) is 0.832. The van der Waals surface area contributed by atoms with Crippen LogP contribution in [0.3, 0.4) is 0 Å². The van der Waals surface area contributed by atoms with E-state index in [9.17, 15) is 0 Å². The minimum Gasteiger partial charge on any atom is -0.383 e. The molecule has 1 saturated carbocycles. The Morgan fingerprint density at radius 1 is 1.15 bits per heavy atom. The lowest BCUT2D eigenvalue weighted by atomic mass is 10.0. The molecule has 0 spiro atoms. The molecule has 1 aromatic rings. The zero-order chi connectivity index (χ0) is 14.1. The third kappa shape index (κ3) is 2.97. The second-order valence-electron chi connectivity index (χ2n) is 5.51. The molecule has 2 fully saturated rings. The number of hydrogen-bond donors (Lipinski definition) is 1. The average molecular weight is 374 g/mol. The highest BCUT2D eigenvalue weighted by atomic mass is 79.9. The minimum absolute atomic E-state index is 0.379. The summed E-state index contributed by atoms with van der Waals surface area (Å²) in [6, 6.07) is 0. The highest BCUT2D eigenvalue weighted by molar-refractivity contribution is 9.10. The van der Waals surface area contributed by atoms with Crippen molar-refractivity contribution in [3.05, 3.63) is 16.0 Å². The highest BCUT2D eigenvalue weighted by Crippen LogP contribution is 2.44. The fraction of sp³-hybridized carbons (Fsp3) is 0.714. The van der Waals surface area contributed by atoms with E-state index in [4.69, 9.17) is 10.7 Å². The number of nitrogen functional groups attached to an aromatic ring is 1.